The molecule has 4 aromatic rings. The maximum Gasteiger partial charge on any atom is 0.341 e. The van der Waals surface area contributed by atoms with Crippen molar-refractivity contribution in [2.24, 2.45) is 0 Å². The number of nitrogens with zero attached hydrogens (tertiary/aromatic N) is 3. The van der Waals surface area contributed by atoms with Gasteiger partial charge in [0.15, 0.2) is 11.0 Å². The van der Waals surface area contributed by atoms with Gasteiger partial charge in [0.1, 0.15) is 5.00 Å². The molecule has 0 aliphatic heterocycles. The Hall–Kier alpha value is -3.96. The predicted molar refractivity (Wildman–Crippen MR) is 164 cm³/mol. The summed E-state index contributed by atoms with van der Waals surface area (Å²) < 4.78 is 7.22. The molecule has 1 aliphatic rings. The fourth-order valence-corrected chi connectivity index (χ4v) is 6.97. The van der Waals surface area contributed by atoms with Crippen molar-refractivity contribution in [3.8, 4) is 0 Å². The molecule has 0 saturated heterocycles. The van der Waals surface area contributed by atoms with Crippen LogP contribution in [0.5, 0.6) is 0 Å². The largest absolute Gasteiger partial charge is 0.462 e. The van der Waals surface area contributed by atoms with Crippen molar-refractivity contribution >= 4 is 45.9 Å². The number of fused-ring (bicyclic) bond motifs is 1. The number of hydrogen-bond donors (Lipinski definition) is 2. The molecule has 9 nitrogen and oxygen atoms in total. The van der Waals surface area contributed by atoms with Crippen molar-refractivity contribution in [3.63, 3.8) is 0 Å². The summed E-state index contributed by atoms with van der Waals surface area (Å²) >= 11 is 2.74. The Balaban J connectivity index is 1.30. The second-order valence-corrected chi connectivity index (χ2v) is 12.4. The van der Waals surface area contributed by atoms with Gasteiger partial charge in [-0.2, -0.15) is 0 Å². The van der Waals surface area contributed by atoms with E-state index in [2.05, 4.69) is 20.8 Å². The van der Waals surface area contributed by atoms with Gasteiger partial charge < -0.3 is 19.9 Å². The van der Waals surface area contributed by atoms with E-state index in [9.17, 15) is 14.4 Å². The number of hydrogen-bond acceptors (Lipinski definition) is 8. The van der Waals surface area contributed by atoms with E-state index in [1.807, 2.05) is 65.2 Å². The first kappa shape index (κ1) is 29.5. The lowest BCUT2D eigenvalue weighted by Crippen LogP contribution is -2.27. The summed E-state index contributed by atoms with van der Waals surface area (Å²) in [4.78, 5) is 39.8. The van der Waals surface area contributed by atoms with Crippen molar-refractivity contribution in [1.29, 1.82) is 0 Å². The fraction of sp³-hybridized carbons (Fsp3) is 0.323. The molecule has 2 N–H and O–H groups in total. The number of anilines is 1. The van der Waals surface area contributed by atoms with Crippen molar-refractivity contribution in [1.82, 2.24) is 20.1 Å². The molecule has 2 aromatic heterocycles. The minimum absolute atomic E-state index is 0.113. The Morgan fingerprint density at radius 2 is 1.74 bits per heavy atom. The average Bonchev–Trinajstić information content (AvgIpc) is 3.68. The highest BCUT2D eigenvalue weighted by Crippen LogP contribution is 2.40. The van der Waals surface area contributed by atoms with E-state index >= 15 is 0 Å². The molecule has 0 unspecified atom stereocenters. The highest BCUT2D eigenvalue weighted by atomic mass is 32.2. The van der Waals surface area contributed by atoms with E-state index in [0.717, 1.165) is 40.8 Å². The van der Waals surface area contributed by atoms with Crippen LogP contribution in [0.15, 0.2) is 65.8 Å². The molecule has 11 heteroatoms. The van der Waals surface area contributed by atoms with Gasteiger partial charge in [0.05, 0.1) is 36.9 Å². The number of carbonyl (C=O) groups is 3. The Kier molecular flexibility index (Phi) is 9.70. The van der Waals surface area contributed by atoms with Crippen LogP contribution >= 0.6 is 23.1 Å². The first-order valence-electron chi connectivity index (χ1n) is 14.0. The number of benzene rings is 2. The van der Waals surface area contributed by atoms with E-state index in [1.165, 1.54) is 23.1 Å². The minimum atomic E-state index is -0.531. The van der Waals surface area contributed by atoms with Crippen LogP contribution in [-0.2, 0) is 46.7 Å². The van der Waals surface area contributed by atoms with Crippen molar-refractivity contribution in [3.05, 3.63) is 93.6 Å². The Morgan fingerprint density at radius 1 is 1.02 bits per heavy atom. The van der Waals surface area contributed by atoms with Crippen molar-refractivity contribution < 1.29 is 19.1 Å². The quantitative estimate of drug-likeness (QED) is 0.172. The number of esters is 1. The topological polar surface area (TPSA) is 115 Å². The molecule has 2 aromatic carbocycles. The number of rotatable bonds is 12. The van der Waals surface area contributed by atoms with Crippen LogP contribution < -0.4 is 10.6 Å². The van der Waals surface area contributed by atoms with Gasteiger partial charge in [-0.25, -0.2) is 4.79 Å². The molecule has 1 atom stereocenters. The molecule has 218 valence electrons. The summed E-state index contributed by atoms with van der Waals surface area (Å²) in [5.74, 6) is -0.154. The third kappa shape index (κ3) is 7.08. The maximum absolute atomic E-state index is 13.3. The normalized spacial score (nSPS) is 12.9. The summed E-state index contributed by atoms with van der Waals surface area (Å²) in [6.45, 7) is 4.54. The molecular formula is C31H33N5O4S2. The smallest absolute Gasteiger partial charge is 0.341 e. The molecule has 0 spiro atoms. The highest BCUT2D eigenvalue weighted by Gasteiger charge is 2.30. The molecule has 2 amide bonds. The highest BCUT2D eigenvalue weighted by molar-refractivity contribution is 8.00. The first-order chi connectivity index (χ1) is 20.4. The third-order valence-electron chi connectivity index (χ3n) is 6.92. The molecule has 0 saturated carbocycles. The van der Waals surface area contributed by atoms with Gasteiger partial charge in [0, 0.05) is 4.88 Å². The zero-order valence-corrected chi connectivity index (χ0v) is 25.2. The molecule has 0 radical (unpaired) electrons. The number of amides is 2. The number of ether oxygens (including phenoxy) is 1. The Morgan fingerprint density at radius 3 is 2.45 bits per heavy atom. The third-order valence-corrected chi connectivity index (χ3v) is 9.20. The number of aromatic nitrogens is 3. The number of nitrogens with one attached hydrogen (secondary N) is 2. The zero-order chi connectivity index (χ0) is 29.5. The molecule has 0 fully saturated rings. The number of carbonyl (C=O) groups excluding carboxylic acids is 3. The van der Waals surface area contributed by atoms with Crippen molar-refractivity contribution in [2.45, 2.75) is 63.0 Å². The second kappa shape index (κ2) is 13.8. The molecule has 5 rings (SSSR count). The van der Waals surface area contributed by atoms with Crippen LogP contribution in [0, 0.1) is 0 Å². The van der Waals surface area contributed by atoms with Gasteiger partial charge in [-0.3, -0.25) is 9.59 Å². The lowest BCUT2D eigenvalue weighted by atomic mass is 10.1. The minimum Gasteiger partial charge on any atom is -0.462 e. The SMILES string of the molecule is CCOC(=O)c1c(NC(=O)[C@@H](C)Sc2nnc(CNC(=O)Cc3ccccc3)n2Cc2ccccc2)sc2c1CCC2. The maximum atomic E-state index is 13.3. The Labute approximate surface area is 253 Å². The summed E-state index contributed by atoms with van der Waals surface area (Å²) in [6.07, 6.45) is 2.99. The van der Waals surface area contributed by atoms with E-state index in [4.69, 9.17) is 4.74 Å². The van der Waals surface area contributed by atoms with E-state index in [-0.39, 0.29) is 31.4 Å². The summed E-state index contributed by atoms with van der Waals surface area (Å²) in [6, 6.07) is 19.5. The summed E-state index contributed by atoms with van der Waals surface area (Å²) in [7, 11) is 0. The van der Waals surface area contributed by atoms with Crippen LogP contribution in [0.25, 0.3) is 0 Å². The van der Waals surface area contributed by atoms with Gasteiger partial charge >= 0.3 is 5.97 Å². The Bertz CT molecular complexity index is 1550. The van der Waals surface area contributed by atoms with Gasteiger partial charge in [-0.1, -0.05) is 72.4 Å². The van der Waals surface area contributed by atoms with Crippen LogP contribution in [-0.4, -0.2) is 44.4 Å². The molecular weight excluding hydrogens is 571 g/mol. The lowest BCUT2D eigenvalue weighted by Gasteiger charge is -2.14. The molecule has 42 heavy (non-hydrogen) atoms. The van der Waals surface area contributed by atoms with Gasteiger partial charge in [-0.05, 0) is 49.8 Å². The van der Waals surface area contributed by atoms with E-state index in [0.29, 0.717) is 28.1 Å². The summed E-state index contributed by atoms with van der Waals surface area (Å²) in [5.41, 5.74) is 3.45. The average molecular weight is 604 g/mol. The monoisotopic (exact) mass is 603 g/mol. The number of thioether (sulfide) groups is 1. The predicted octanol–water partition coefficient (Wildman–Crippen LogP) is 5.03. The van der Waals surface area contributed by atoms with Crippen LogP contribution in [0.3, 0.4) is 0 Å². The molecule has 2 heterocycles. The van der Waals surface area contributed by atoms with Gasteiger partial charge in [0.2, 0.25) is 11.8 Å². The van der Waals surface area contributed by atoms with E-state index < -0.39 is 11.2 Å². The van der Waals surface area contributed by atoms with Crippen LogP contribution in [0.4, 0.5) is 5.00 Å². The first-order valence-corrected chi connectivity index (χ1v) is 15.7. The van der Waals surface area contributed by atoms with Crippen LogP contribution in [0.1, 0.15) is 58.0 Å². The second-order valence-electron chi connectivity index (χ2n) is 9.94. The van der Waals surface area contributed by atoms with E-state index in [1.54, 1.807) is 13.8 Å². The lowest BCUT2D eigenvalue weighted by molar-refractivity contribution is -0.120. The molecule has 1 aliphatic carbocycles. The number of thiophene rings is 1. The number of aryl methyl sites for hydroxylation is 1. The van der Waals surface area contributed by atoms with Gasteiger partial charge in [0.25, 0.3) is 0 Å². The summed E-state index contributed by atoms with van der Waals surface area (Å²) in [5, 5.41) is 15.3. The standard InChI is InChI=1S/C31H33N5O4S2/c1-3-40-30(39)27-23-15-10-16-24(23)42-29(27)33-28(38)20(2)41-31-35-34-25(36(31)19-22-13-8-5-9-14-22)18-32-26(37)17-21-11-6-4-7-12-21/h4-9,11-14,20H,3,10,15-19H2,1-2H3,(H,32,37)(H,33,38)/t20-/m1/s1. The van der Waals surface area contributed by atoms with Crippen LogP contribution in [0.2, 0.25) is 0 Å². The fourth-order valence-electron chi connectivity index (χ4n) is 4.82. The van der Waals surface area contributed by atoms with Gasteiger partial charge in [-0.15, -0.1) is 21.5 Å². The van der Waals surface area contributed by atoms with Crippen molar-refractivity contribution in [2.75, 3.05) is 11.9 Å². The molecule has 0 bridgehead atoms. The zero-order valence-electron chi connectivity index (χ0n) is 23.6.